The first-order chi connectivity index (χ1) is 10.0. The molecule has 1 unspecified atom stereocenters. The first-order valence-corrected chi connectivity index (χ1v) is 6.62. The third kappa shape index (κ3) is 2.95. The molecule has 2 aromatic carbocycles. The van der Waals surface area contributed by atoms with Crippen LogP contribution in [-0.4, -0.2) is 26.4 Å². The maximum absolute atomic E-state index is 10.9. The number of hydrogen-bond acceptors (Lipinski definition) is 4. The number of ether oxygens (including phenoxy) is 3. The van der Waals surface area contributed by atoms with Gasteiger partial charge in [-0.3, -0.25) is 0 Å². The van der Waals surface area contributed by atoms with Crippen LogP contribution in [0.3, 0.4) is 0 Å². The molecular formula is C17H20O4. The number of benzene rings is 2. The van der Waals surface area contributed by atoms with Gasteiger partial charge in [-0.15, -0.1) is 0 Å². The molecule has 0 heterocycles. The van der Waals surface area contributed by atoms with Crippen LogP contribution in [0.1, 0.15) is 18.1 Å². The molecule has 0 bridgehead atoms. The molecule has 0 fully saturated rings. The highest BCUT2D eigenvalue weighted by molar-refractivity contribution is 5.47. The lowest BCUT2D eigenvalue weighted by atomic mass is 9.88. The molecule has 1 N–H and O–H groups in total. The van der Waals surface area contributed by atoms with Crippen LogP contribution in [-0.2, 0) is 5.60 Å². The van der Waals surface area contributed by atoms with Crippen molar-refractivity contribution in [1.29, 1.82) is 0 Å². The summed E-state index contributed by atoms with van der Waals surface area (Å²) in [7, 11) is 4.77. The Balaban J connectivity index is 2.42. The van der Waals surface area contributed by atoms with Gasteiger partial charge in [0.1, 0.15) is 11.4 Å². The molecule has 2 rings (SSSR count). The third-order valence-corrected chi connectivity index (χ3v) is 3.60. The van der Waals surface area contributed by atoms with Crippen LogP contribution in [0.2, 0.25) is 0 Å². The minimum Gasteiger partial charge on any atom is -0.497 e. The molecule has 4 heteroatoms. The van der Waals surface area contributed by atoms with Crippen molar-refractivity contribution in [3.63, 3.8) is 0 Å². The summed E-state index contributed by atoms with van der Waals surface area (Å²) >= 11 is 0. The van der Waals surface area contributed by atoms with E-state index in [0.29, 0.717) is 11.5 Å². The van der Waals surface area contributed by atoms with E-state index in [9.17, 15) is 5.11 Å². The minimum absolute atomic E-state index is 0.587. The molecule has 0 spiro atoms. The van der Waals surface area contributed by atoms with Crippen molar-refractivity contribution in [1.82, 2.24) is 0 Å². The molecule has 4 nitrogen and oxygen atoms in total. The lowest BCUT2D eigenvalue weighted by molar-refractivity contribution is 0.102. The van der Waals surface area contributed by atoms with E-state index in [0.717, 1.165) is 16.9 Å². The molecule has 0 saturated carbocycles. The van der Waals surface area contributed by atoms with Crippen molar-refractivity contribution < 1.29 is 19.3 Å². The van der Waals surface area contributed by atoms with Gasteiger partial charge in [0.05, 0.1) is 21.3 Å². The Morgan fingerprint density at radius 2 is 1.33 bits per heavy atom. The molecule has 0 saturated heterocycles. The Morgan fingerprint density at radius 1 is 0.762 bits per heavy atom. The Kier molecular flexibility index (Phi) is 4.38. The van der Waals surface area contributed by atoms with E-state index < -0.39 is 5.60 Å². The zero-order valence-electron chi connectivity index (χ0n) is 12.7. The van der Waals surface area contributed by atoms with Crippen molar-refractivity contribution in [2.75, 3.05) is 21.3 Å². The Morgan fingerprint density at radius 3 is 1.86 bits per heavy atom. The summed E-state index contributed by atoms with van der Waals surface area (Å²) in [5, 5.41) is 10.9. The Bertz CT molecular complexity index is 603. The van der Waals surface area contributed by atoms with E-state index in [1.54, 1.807) is 40.4 Å². The SMILES string of the molecule is COc1ccc(C(C)(O)c2ccc(OC)c(OC)c2)cc1. The predicted molar refractivity (Wildman–Crippen MR) is 81.2 cm³/mol. The first kappa shape index (κ1) is 15.2. The van der Waals surface area contributed by atoms with E-state index in [1.807, 2.05) is 30.3 Å². The molecule has 0 amide bonds. The molecule has 21 heavy (non-hydrogen) atoms. The second-order valence-corrected chi connectivity index (χ2v) is 4.87. The second kappa shape index (κ2) is 6.06. The van der Waals surface area contributed by atoms with Crippen LogP contribution in [0, 0.1) is 0 Å². The van der Waals surface area contributed by atoms with Gasteiger partial charge < -0.3 is 19.3 Å². The standard InChI is InChI=1S/C17H20O4/c1-17(18,12-5-8-14(19-2)9-6-12)13-7-10-15(20-3)16(11-13)21-4/h5-11,18H,1-4H3. The van der Waals surface area contributed by atoms with E-state index >= 15 is 0 Å². The maximum Gasteiger partial charge on any atom is 0.161 e. The molecule has 112 valence electrons. The average molecular weight is 288 g/mol. The number of rotatable bonds is 5. The summed E-state index contributed by atoms with van der Waals surface area (Å²) in [6.45, 7) is 1.75. The highest BCUT2D eigenvalue weighted by Crippen LogP contribution is 2.35. The molecule has 0 aliphatic carbocycles. The van der Waals surface area contributed by atoms with Crippen LogP contribution in [0.5, 0.6) is 17.2 Å². The zero-order chi connectivity index (χ0) is 15.5. The normalized spacial score (nSPS) is 13.4. The fraction of sp³-hybridized carbons (Fsp3) is 0.294. The number of hydrogen-bond donors (Lipinski definition) is 1. The van der Waals surface area contributed by atoms with Gasteiger partial charge in [-0.25, -0.2) is 0 Å². The van der Waals surface area contributed by atoms with Gasteiger partial charge in [0.15, 0.2) is 11.5 Å². The van der Waals surface area contributed by atoms with Gasteiger partial charge in [0.2, 0.25) is 0 Å². The summed E-state index contributed by atoms with van der Waals surface area (Å²) in [6.07, 6.45) is 0. The predicted octanol–water partition coefficient (Wildman–Crippen LogP) is 2.97. The number of methoxy groups -OCH3 is 3. The van der Waals surface area contributed by atoms with Crippen molar-refractivity contribution in [3.05, 3.63) is 53.6 Å². The summed E-state index contributed by atoms with van der Waals surface area (Å²) in [5.41, 5.74) is 0.368. The fourth-order valence-corrected chi connectivity index (χ4v) is 2.22. The molecule has 0 radical (unpaired) electrons. The molecule has 0 aliphatic rings. The summed E-state index contributed by atoms with van der Waals surface area (Å²) < 4.78 is 15.6. The smallest absolute Gasteiger partial charge is 0.161 e. The second-order valence-electron chi connectivity index (χ2n) is 4.87. The Hall–Kier alpha value is -2.20. The number of aliphatic hydroxyl groups is 1. The minimum atomic E-state index is -1.13. The summed E-state index contributed by atoms with van der Waals surface area (Å²) in [6, 6.07) is 12.7. The van der Waals surface area contributed by atoms with Gasteiger partial charge >= 0.3 is 0 Å². The van der Waals surface area contributed by atoms with Crippen molar-refractivity contribution in [2.45, 2.75) is 12.5 Å². The van der Waals surface area contributed by atoms with E-state index in [1.165, 1.54) is 0 Å². The molecular weight excluding hydrogens is 268 g/mol. The quantitative estimate of drug-likeness (QED) is 0.919. The van der Waals surface area contributed by atoms with Crippen LogP contribution in [0.15, 0.2) is 42.5 Å². The van der Waals surface area contributed by atoms with Gasteiger partial charge in [-0.05, 0) is 42.3 Å². The molecule has 2 aromatic rings. The molecule has 1 atom stereocenters. The highest BCUT2D eigenvalue weighted by atomic mass is 16.5. The molecule has 0 aliphatic heterocycles. The first-order valence-electron chi connectivity index (χ1n) is 6.62. The van der Waals surface area contributed by atoms with Crippen LogP contribution in [0.4, 0.5) is 0 Å². The van der Waals surface area contributed by atoms with Gasteiger partial charge in [-0.2, -0.15) is 0 Å². The summed E-state index contributed by atoms with van der Waals surface area (Å²) in [5.74, 6) is 1.97. The zero-order valence-corrected chi connectivity index (χ0v) is 12.7. The lowest BCUT2D eigenvalue weighted by Gasteiger charge is -2.25. The van der Waals surface area contributed by atoms with Gasteiger partial charge in [0, 0.05) is 0 Å². The Labute approximate surface area is 124 Å². The van der Waals surface area contributed by atoms with Crippen molar-refractivity contribution >= 4 is 0 Å². The van der Waals surface area contributed by atoms with Crippen molar-refractivity contribution in [3.8, 4) is 17.2 Å². The van der Waals surface area contributed by atoms with E-state index in [-0.39, 0.29) is 0 Å². The van der Waals surface area contributed by atoms with Gasteiger partial charge in [0.25, 0.3) is 0 Å². The maximum atomic E-state index is 10.9. The van der Waals surface area contributed by atoms with Crippen LogP contribution in [0.25, 0.3) is 0 Å². The summed E-state index contributed by atoms with van der Waals surface area (Å²) in [4.78, 5) is 0. The van der Waals surface area contributed by atoms with Crippen LogP contribution < -0.4 is 14.2 Å². The van der Waals surface area contributed by atoms with Crippen LogP contribution >= 0.6 is 0 Å². The lowest BCUT2D eigenvalue weighted by Crippen LogP contribution is -2.22. The molecule has 0 aromatic heterocycles. The third-order valence-electron chi connectivity index (χ3n) is 3.60. The largest absolute Gasteiger partial charge is 0.497 e. The van der Waals surface area contributed by atoms with Crippen molar-refractivity contribution in [2.24, 2.45) is 0 Å². The monoisotopic (exact) mass is 288 g/mol. The topological polar surface area (TPSA) is 47.9 Å². The average Bonchev–Trinajstić information content (AvgIpc) is 2.54. The van der Waals surface area contributed by atoms with Gasteiger partial charge in [-0.1, -0.05) is 18.2 Å². The highest BCUT2D eigenvalue weighted by Gasteiger charge is 2.26. The van der Waals surface area contributed by atoms with E-state index in [4.69, 9.17) is 14.2 Å². The fourth-order valence-electron chi connectivity index (χ4n) is 2.22. The van der Waals surface area contributed by atoms with E-state index in [2.05, 4.69) is 0 Å².